The molecule has 1 aromatic heterocycles. The van der Waals surface area contributed by atoms with Crippen LogP contribution in [-0.4, -0.2) is 41.4 Å². The van der Waals surface area contributed by atoms with Crippen LogP contribution in [0.1, 0.15) is 49.0 Å². The second kappa shape index (κ2) is 6.32. The third-order valence-corrected chi connectivity index (χ3v) is 6.86. The largest absolute Gasteiger partial charge is 0.342 e. The summed E-state index contributed by atoms with van der Waals surface area (Å²) in [6.07, 6.45) is 8.31. The topological polar surface area (TPSA) is 23.6 Å². The predicted octanol–water partition coefficient (Wildman–Crippen LogP) is 3.29. The Kier molecular flexibility index (Phi) is 4.23. The number of hydrogen-bond donors (Lipinski definition) is 0. The van der Waals surface area contributed by atoms with E-state index in [4.69, 9.17) is 0 Å². The molecule has 0 bridgehead atoms. The number of thiophene rings is 1. The molecule has 1 saturated carbocycles. The number of amides is 1. The Bertz CT molecular complexity index is 527. The third kappa shape index (κ3) is 2.83. The summed E-state index contributed by atoms with van der Waals surface area (Å²) in [4.78, 5) is 18.9. The zero-order valence-corrected chi connectivity index (χ0v) is 14.1. The van der Waals surface area contributed by atoms with Gasteiger partial charge in [-0.3, -0.25) is 9.69 Å². The molecule has 0 unspecified atom stereocenters. The van der Waals surface area contributed by atoms with E-state index in [2.05, 4.69) is 21.2 Å². The van der Waals surface area contributed by atoms with E-state index in [1.807, 2.05) is 11.3 Å². The molecule has 1 saturated heterocycles. The monoisotopic (exact) mass is 318 g/mol. The first kappa shape index (κ1) is 14.7. The van der Waals surface area contributed by atoms with Crippen molar-refractivity contribution in [1.82, 2.24) is 9.80 Å². The molecule has 0 radical (unpaired) electrons. The van der Waals surface area contributed by atoms with Crippen molar-refractivity contribution in [3.63, 3.8) is 0 Å². The highest BCUT2D eigenvalue weighted by molar-refractivity contribution is 7.10. The van der Waals surface area contributed by atoms with Gasteiger partial charge in [0, 0.05) is 43.0 Å². The number of carbonyl (C=O) groups is 1. The first-order valence-corrected chi connectivity index (χ1v) is 9.77. The maximum Gasteiger partial charge on any atom is 0.225 e. The first-order chi connectivity index (χ1) is 10.8. The smallest absolute Gasteiger partial charge is 0.225 e. The fraction of sp³-hybridized carbons (Fsp3) is 0.722. The van der Waals surface area contributed by atoms with Crippen molar-refractivity contribution in [2.45, 2.75) is 57.5 Å². The Morgan fingerprint density at radius 3 is 2.64 bits per heavy atom. The maximum absolute atomic E-state index is 12.5. The molecule has 2 fully saturated rings. The average molecular weight is 318 g/mol. The molecule has 4 rings (SSSR count). The van der Waals surface area contributed by atoms with Crippen LogP contribution >= 0.6 is 11.3 Å². The number of piperidine rings is 1. The molecule has 0 atom stereocenters. The molecular weight excluding hydrogens is 292 g/mol. The molecule has 1 amide bonds. The normalized spacial score (nSPS) is 24.6. The highest BCUT2D eigenvalue weighted by Gasteiger charge is 2.32. The first-order valence-electron chi connectivity index (χ1n) is 8.89. The minimum absolute atomic E-state index is 0.347. The Morgan fingerprint density at radius 1 is 1.09 bits per heavy atom. The molecule has 4 heteroatoms. The predicted molar refractivity (Wildman–Crippen MR) is 90.0 cm³/mol. The van der Waals surface area contributed by atoms with E-state index >= 15 is 0 Å². The summed E-state index contributed by atoms with van der Waals surface area (Å²) in [7, 11) is 0. The second-order valence-electron chi connectivity index (χ2n) is 7.13. The molecule has 120 valence electrons. The SMILES string of the molecule is O=C(C1CCCC1)N1CCC(N2CCc3sccc3C2)CC1. The van der Waals surface area contributed by atoms with E-state index in [0.29, 0.717) is 17.9 Å². The van der Waals surface area contributed by atoms with E-state index in [-0.39, 0.29) is 0 Å². The summed E-state index contributed by atoms with van der Waals surface area (Å²) in [6, 6.07) is 2.98. The van der Waals surface area contributed by atoms with Crippen molar-refractivity contribution in [2.24, 2.45) is 5.92 Å². The van der Waals surface area contributed by atoms with Crippen LogP contribution in [0.2, 0.25) is 0 Å². The fourth-order valence-corrected chi connectivity index (χ4v) is 5.35. The highest BCUT2D eigenvalue weighted by Crippen LogP contribution is 2.30. The van der Waals surface area contributed by atoms with Crippen LogP contribution in [0.5, 0.6) is 0 Å². The van der Waals surface area contributed by atoms with Crippen LogP contribution in [0, 0.1) is 5.92 Å². The highest BCUT2D eigenvalue weighted by atomic mass is 32.1. The Labute approximate surface area is 137 Å². The van der Waals surface area contributed by atoms with E-state index in [0.717, 1.165) is 45.3 Å². The molecule has 2 aliphatic heterocycles. The van der Waals surface area contributed by atoms with E-state index in [1.165, 1.54) is 25.8 Å². The zero-order chi connectivity index (χ0) is 14.9. The van der Waals surface area contributed by atoms with Crippen molar-refractivity contribution < 1.29 is 4.79 Å². The van der Waals surface area contributed by atoms with Gasteiger partial charge < -0.3 is 4.90 Å². The molecule has 1 aliphatic carbocycles. The second-order valence-corrected chi connectivity index (χ2v) is 8.13. The van der Waals surface area contributed by atoms with Gasteiger partial charge >= 0.3 is 0 Å². The number of hydrogen-bond acceptors (Lipinski definition) is 3. The molecule has 3 aliphatic rings. The van der Waals surface area contributed by atoms with Gasteiger partial charge in [-0.15, -0.1) is 11.3 Å². The van der Waals surface area contributed by atoms with Gasteiger partial charge in [0.25, 0.3) is 0 Å². The lowest BCUT2D eigenvalue weighted by atomic mass is 9.98. The molecular formula is C18H26N2OS. The van der Waals surface area contributed by atoms with Crippen LogP contribution in [-0.2, 0) is 17.8 Å². The minimum Gasteiger partial charge on any atom is -0.342 e. The van der Waals surface area contributed by atoms with Gasteiger partial charge in [0.2, 0.25) is 5.91 Å². The molecule has 22 heavy (non-hydrogen) atoms. The number of carbonyl (C=O) groups excluding carboxylic acids is 1. The van der Waals surface area contributed by atoms with Gasteiger partial charge in [0.1, 0.15) is 0 Å². The van der Waals surface area contributed by atoms with Gasteiger partial charge in [-0.1, -0.05) is 12.8 Å². The molecule has 0 spiro atoms. The summed E-state index contributed by atoms with van der Waals surface area (Å²) in [6.45, 7) is 4.29. The van der Waals surface area contributed by atoms with Crippen molar-refractivity contribution in [2.75, 3.05) is 19.6 Å². The molecule has 0 aromatic carbocycles. The van der Waals surface area contributed by atoms with Gasteiger partial charge in [0.05, 0.1) is 0 Å². The van der Waals surface area contributed by atoms with Gasteiger partial charge in [-0.05, 0) is 49.1 Å². The Hall–Kier alpha value is -0.870. The summed E-state index contributed by atoms with van der Waals surface area (Å²) < 4.78 is 0. The van der Waals surface area contributed by atoms with Crippen LogP contribution in [0.15, 0.2) is 11.4 Å². The fourth-order valence-electron chi connectivity index (χ4n) is 4.46. The summed E-state index contributed by atoms with van der Waals surface area (Å²) in [5.74, 6) is 0.801. The molecule has 0 N–H and O–H groups in total. The minimum atomic E-state index is 0.347. The van der Waals surface area contributed by atoms with Crippen LogP contribution < -0.4 is 0 Å². The maximum atomic E-state index is 12.5. The van der Waals surface area contributed by atoms with Gasteiger partial charge in [-0.2, -0.15) is 0 Å². The number of likely N-dealkylation sites (tertiary alicyclic amines) is 1. The lowest BCUT2D eigenvalue weighted by molar-refractivity contribution is -0.137. The zero-order valence-electron chi connectivity index (χ0n) is 13.3. The van der Waals surface area contributed by atoms with Crippen LogP contribution in [0.4, 0.5) is 0 Å². The van der Waals surface area contributed by atoms with Crippen molar-refractivity contribution in [3.8, 4) is 0 Å². The van der Waals surface area contributed by atoms with Gasteiger partial charge in [-0.25, -0.2) is 0 Å². The lowest BCUT2D eigenvalue weighted by Gasteiger charge is -2.40. The Morgan fingerprint density at radius 2 is 1.86 bits per heavy atom. The standard InChI is InChI=1S/C18H26N2OS/c21-18(14-3-1-2-4-14)19-9-5-16(6-10-19)20-11-7-17-15(13-20)8-12-22-17/h8,12,14,16H,1-7,9-11,13H2. The third-order valence-electron chi connectivity index (χ3n) is 5.83. The number of rotatable bonds is 2. The van der Waals surface area contributed by atoms with Gasteiger partial charge in [0.15, 0.2) is 0 Å². The quantitative estimate of drug-likeness (QED) is 0.835. The van der Waals surface area contributed by atoms with Crippen molar-refractivity contribution in [1.29, 1.82) is 0 Å². The van der Waals surface area contributed by atoms with Crippen LogP contribution in [0.3, 0.4) is 0 Å². The van der Waals surface area contributed by atoms with Crippen LogP contribution in [0.25, 0.3) is 0 Å². The van der Waals surface area contributed by atoms with E-state index in [9.17, 15) is 4.79 Å². The van der Waals surface area contributed by atoms with Crippen molar-refractivity contribution >= 4 is 17.2 Å². The van der Waals surface area contributed by atoms with E-state index < -0.39 is 0 Å². The van der Waals surface area contributed by atoms with E-state index in [1.54, 1.807) is 10.4 Å². The van der Waals surface area contributed by atoms with Crippen molar-refractivity contribution in [3.05, 3.63) is 21.9 Å². The summed E-state index contributed by atoms with van der Waals surface area (Å²) in [5.41, 5.74) is 1.54. The molecule has 1 aromatic rings. The molecule has 3 nitrogen and oxygen atoms in total. The summed E-state index contributed by atoms with van der Waals surface area (Å²) >= 11 is 1.91. The Balaban J connectivity index is 1.31. The number of fused-ring (bicyclic) bond motifs is 1. The lowest BCUT2D eigenvalue weighted by Crippen LogP contribution is -2.48. The summed E-state index contributed by atoms with van der Waals surface area (Å²) in [5, 5.41) is 2.23. The number of nitrogens with zero attached hydrogens (tertiary/aromatic N) is 2. The average Bonchev–Trinajstić information content (AvgIpc) is 3.25. The molecule has 3 heterocycles.